The van der Waals surface area contributed by atoms with Gasteiger partial charge < -0.3 is 15.0 Å². The van der Waals surface area contributed by atoms with Gasteiger partial charge in [-0.2, -0.15) is 0 Å². The zero-order valence-electron chi connectivity index (χ0n) is 21.7. The van der Waals surface area contributed by atoms with Crippen LogP contribution in [0.25, 0.3) is 0 Å². The summed E-state index contributed by atoms with van der Waals surface area (Å²) in [5, 5.41) is 3.58. The standard InChI is InChI=1S/C31H41BrN2O2/c1-3-26(32)19-29-22(2)31(15-17-36-29)21-33-20-27(31)30(35)34-16-14-25(23-10-6-4-7-11-23)18-28(34)24-12-8-5-9-13-24/h3-4,6-7,10-11,19,24-25,27-28,33H,2,5,8-9,12-18,20-21H2,1H3/b26-3+,29-19+/t25-,27+,28+,31+/m1/s1. The van der Waals surface area contributed by atoms with Crippen molar-refractivity contribution in [2.45, 2.75) is 70.3 Å². The Kier molecular flexibility index (Phi) is 8.07. The van der Waals surface area contributed by atoms with E-state index in [4.69, 9.17) is 4.74 Å². The van der Waals surface area contributed by atoms with Crippen LogP contribution >= 0.6 is 15.9 Å². The summed E-state index contributed by atoms with van der Waals surface area (Å²) < 4.78 is 7.02. The maximum absolute atomic E-state index is 14.5. The molecular weight excluding hydrogens is 512 g/mol. The van der Waals surface area contributed by atoms with Gasteiger partial charge in [-0.3, -0.25) is 4.79 Å². The van der Waals surface area contributed by atoms with Gasteiger partial charge in [-0.05, 0) is 68.1 Å². The van der Waals surface area contributed by atoms with E-state index in [-0.39, 0.29) is 11.3 Å². The van der Waals surface area contributed by atoms with Gasteiger partial charge in [0.25, 0.3) is 0 Å². The van der Waals surface area contributed by atoms with Crippen LogP contribution in [0.3, 0.4) is 0 Å². The molecule has 5 rings (SSSR count). The monoisotopic (exact) mass is 552 g/mol. The number of amides is 1. The molecular formula is C31H41BrN2O2. The van der Waals surface area contributed by atoms with Gasteiger partial charge in [-0.15, -0.1) is 0 Å². The number of nitrogens with one attached hydrogen (secondary N) is 1. The fraction of sp³-hybridized carbons (Fsp3) is 0.581. The third-order valence-electron chi connectivity index (χ3n) is 9.40. The largest absolute Gasteiger partial charge is 0.493 e. The molecule has 0 aromatic heterocycles. The number of nitrogens with zero attached hydrogens (tertiary/aromatic N) is 1. The molecule has 1 aromatic carbocycles. The number of allylic oxidation sites excluding steroid dienone is 4. The molecule has 36 heavy (non-hydrogen) atoms. The highest BCUT2D eigenvalue weighted by molar-refractivity contribution is 9.11. The van der Waals surface area contributed by atoms with E-state index >= 15 is 0 Å². The summed E-state index contributed by atoms with van der Waals surface area (Å²) in [5.74, 6) is 2.25. The highest BCUT2D eigenvalue weighted by atomic mass is 79.9. The Balaban J connectivity index is 1.41. The molecule has 194 valence electrons. The van der Waals surface area contributed by atoms with Crippen LogP contribution in [-0.2, 0) is 9.53 Å². The van der Waals surface area contributed by atoms with E-state index in [1.807, 2.05) is 19.1 Å². The Labute approximate surface area is 225 Å². The molecule has 0 unspecified atom stereocenters. The first-order chi connectivity index (χ1) is 17.5. The molecule has 1 spiro atoms. The number of likely N-dealkylation sites (tertiary alicyclic amines) is 1. The quantitative estimate of drug-likeness (QED) is 0.451. The zero-order chi connectivity index (χ0) is 25.1. The summed E-state index contributed by atoms with van der Waals surface area (Å²) >= 11 is 3.59. The molecule has 3 aliphatic heterocycles. The van der Waals surface area contributed by atoms with Crippen LogP contribution < -0.4 is 5.32 Å². The first-order valence-corrected chi connectivity index (χ1v) is 14.7. The highest BCUT2D eigenvalue weighted by Crippen LogP contribution is 2.50. The van der Waals surface area contributed by atoms with E-state index in [1.54, 1.807) is 0 Å². The number of carbonyl (C=O) groups excluding carboxylic acids is 1. The van der Waals surface area contributed by atoms with Crippen LogP contribution in [-0.4, -0.2) is 43.1 Å². The molecule has 4 atom stereocenters. The molecule has 1 aliphatic carbocycles. The lowest BCUT2D eigenvalue weighted by atomic mass is 9.67. The molecule has 4 nitrogen and oxygen atoms in total. The Hall–Kier alpha value is -1.85. The summed E-state index contributed by atoms with van der Waals surface area (Å²) in [4.78, 5) is 16.8. The predicted molar refractivity (Wildman–Crippen MR) is 150 cm³/mol. The van der Waals surface area contributed by atoms with Gasteiger partial charge in [0.1, 0.15) is 5.76 Å². The van der Waals surface area contributed by atoms with Crippen molar-refractivity contribution in [1.82, 2.24) is 10.2 Å². The van der Waals surface area contributed by atoms with E-state index in [2.05, 4.69) is 63.1 Å². The van der Waals surface area contributed by atoms with Gasteiger partial charge in [0, 0.05) is 35.6 Å². The second-order valence-corrected chi connectivity index (χ2v) is 12.1. The molecule has 0 radical (unpaired) electrons. The minimum absolute atomic E-state index is 0.0824. The fourth-order valence-corrected chi connectivity index (χ4v) is 7.50. The fourth-order valence-electron chi connectivity index (χ4n) is 7.29. The van der Waals surface area contributed by atoms with Gasteiger partial charge in [0.05, 0.1) is 12.5 Å². The van der Waals surface area contributed by atoms with Gasteiger partial charge in [-0.1, -0.05) is 78.2 Å². The molecule has 1 amide bonds. The molecule has 1 N–H and O–H groups in total. The number of carbonyl (C=O) groups is 1. The minimum Gasteiger partial charge on any atom is -0.493 e. The number of benzene rings is 1. The first kappa shape index (κ1) is 25.8. The van der Waals surface area contributed by atoms with Crippen molar-refractivity contribution >= 4 is 21.8 Å². The van der Waals surface area contributed by atoms with E-state index in [0.717, 1.165) is 54.7 Å². The Bertz CT molecular complexity index is 1010. The Morgan fingerprint density at radius 1 is 1.19 bits per heavy atom. The Morgan fingerprint density at radius 2 is 1.97 bits per heavy atom. The summed E-state index contributed by atoms with van der Waals surface area (Å²) in [6.45, 7) is 9.52. The van der Waals surface area contributed by atoms with Crippen LogP contribution in [0.2, 0.25) is 0 Å². The molecule has 5 heteroatoms. The number of piperidine rings is 1. The van der Waals surface area contributed by atoms with Crippen LogP contribution in [0.1, 0.15) is 69.8 Å². The van der Waals surface area contributed by atoms with Crippen LogP contribution in [0, 0.1) is 17.3 Å². The third kappa shape index (κ3) is 4.98. The number of hydrogen-bond acceptors (Lipinski definition) is 3. The lowest BCUT2D eigenvalue weighted by Gasteiger charge is -2.48. The van der Waals surface area contributed by atoms with Gasteiger partial charge in [0.15, 0.2) is 0 Å². The molecule has 3 saturated heterocycles. The van der Waals surface area contributed by atoms with Crippen LogP contribution in [0.5, 0.6) is 0 Å². The molecule has 1 saturated carbocycles. The normalized spacial score (nSPS) is 33.2. The number of rotatable bonds is 4. The van der Waals surface area contributed by atoms with Gasteiger partial charge in [0.2, 0.25) is 5.91 Å². The topological polar surface area (TPSA) is 41.6 Å². The highest BCUT2D eigenvalue weighted by Gasteiger charge is 2.53. The Morgan fingerprint density at radius 3 is 2.72 bits per heavy atom. The third-order valence-corrected chi connectivity index (χ3v) is 10.1. The average Bonchev–Trinajstić information content (AvgIpc) is 3.35. The van der Waals surface area contributed by atoms with E-state index in [0.29, 0.717) is 30.4 Å². The van der Waals surface area contributed by atoms with E-state index < -0.39 is 0 Å². The van der Waals surface area contributed by atoms with Gasteiger partial charge in [-0.25, -0.2) is 0 Å². The van der Waals surface area contributed by atoms with Crippen LogP contribution in [0.15, 0.2) is 64.9 Å². The smallest absolute Gasteiger partial charge is 0.228 e. The number of halogens is 1. The molecule has 4 aliphatic rings. The summed E-state index contributed by atoms with van der Waals surface area (Å²) in [6, 6.07) is 11.3. The summed E-state index contributed by atoms with van der Waals surface area (Å²) in [5.41, 5.74) is 2.14. The maximum Gasteiger partial charge on any atom is 0.228 e. The maximum atomic E-state index is 14.5. The number of ether oxygens (including phenoxy) is 1. The summed E-state index contributed by atoms with van der Waals surface area (Å²) in [6.07, 6.45) is 13.5. The zero-order valence-corrected chi connectivity index (χ0v) is 23.3. The SMILES string of the molecule is C=C1/C(=C\C(Br)=C/C)OCC[C@]12CNC[C@H]2C(=O)N1CC[C@@H](c2ccccc2)C[C@H]1C1CCCCC1. The van der Waals surface area contributed by atoms with Crippen LogP contribution in [0.4, 0.5) is 0 Å². The molecule has 3 heterocycles. The second-order valence-electron chi connectivity index (χ2n) is 11.2. The predicted octanol–water partition coefficient (Wildman–Crippen LogP) is 6.71. The number of hydrogen-bond donors (Lipinski definition) is 1. The lowest BCUT2D eigenvalue weighted by Crippen LogP contribution is -2.54. The van der Waals surface area contributed by atoms with Crippen molar-refractivity contribution < 1.29 is 9.53 Å². The van der Waals surface area contributed by atoms with Crippen molar-refractivity contribution in [3.8, 4) is 0 Å². The minimum atomic E-state index is -0.268. The first-order valence-electron chi connectivity index (χ1n) is 14.0. The van der Waals surface area contributed by atoms with Crippen molar-refractivity contribution in [3.63, 3.8) is 0 Å². The molecule has 0 bridgehead atoms. The molecule has 1 aromatic rings. The average molecular weight is 554 g/mol. The van der Waals surface area contributed by atoms with E-state index in [1.165, 1.54) is 37.7 Å². The van der Waals surface area contributed by atoms with Crippen molar-refractivity contribution in [2.75, 3.05) is 26.2 Å². The second kappa shape index (κ2) is 11.3. The molecule has 4 fully saturated rings. The van der Waals surface area contributed by atoms with E-state index in [9.17, 15) is 4.79 Å². The lowest BCUT2D eigenvalue weighted by molar-refractivity contribution is -0.144. The van der Waals surface area contributed by atoms with Gasteiger partial charge >= 0.3 is 0 Å². The van der Waals surface area contributed by atoms with Crippen molar-refractivity contribution in [2.24, 2.45) is 17.3 Å². The van der Waals surface area contributed by atoms with Crippen molar-refractivity contribution in [3.05, 3.63) is 70.4 Å². The summed E-state index contributed by atoms with van der Waals surface area (Å²) in [7, 11) is 0. The van der Waals surface area contributed by atoms with Crippen molar-refractivity contribution in [1.29, 1.82) is 0 Å².